The number of nitro benzene ring substituents is 1. The third-order valence-electron chi connectivity index (χ3n) is 4.00. The van der Waals surface area contributed by atoms with Crippen LogP contribution in [0.5, 0.6) is 5.75 Å². The third-order valence-corrected chi connectivity index (χ3v) is 4.00. The first-order valence-electron chi connectivity index (χ1n) is 7.89. The fraction of sp³-hybridized carbons (Fsp3) is 0.562. The molecule has 1 fully saturated rings. The number of piperidine rings is 1. The number of nitrogens with zero attached hydrogens (tertiary/aromatic N) is 2. The van der Waals surface area contributed by atoms with E-state index in [-0.39, 0.29) is 11.4 Å². The molecule has 0 atom stereocenters. The van der Waals surface area contributed by atoms with Crippen molar-refractivity contribution in [3.63, 3.8) is 0 Å². The van der Waals surface area contributed by atoms with Gasteiger partial charge in [0, 0.05) is 25.8 Å². The molecule has 8 nitrogen and oxygen atoms in total. The fourth-order valence-electron chi connectivity index (χ4n) is 2.54. The average molecular weight is 338 g/mol. The van der Waals surface area contributed by atoms with Crippen molar-refractivity contribution in [2.24, 2.45) is 5.92 Å². The summed E-state index contributed by atoms with van der Waals surface area (Å²) in [4.78, 5) is 24.0. The van der Waals surface area contributed by atoms with Crippen LogP contribution in [-0.4, -0.2) is 55.9 Å². The molecule has 0 aliphatic carbocycles. The number of benzene rings is 1. The first-order chi connectivity index (χ1) is 11.6. The Morgan fingerprint density at radius 2 is 1.96 bits per heavy atom. The van der Waals surface area contributed by atoms with Crippen molar-refractivity contribution in [3.05, 3.63) is 34.4 Å². The molecule has 2 rings (SSSR count). The molecule has 1 aromatic carbocycles. The van der Waals surface area contributed by atoms with Gasteiger partial charge in [0.25, 0.3) is 5.69 Å². The number of non-ortho nitro benzene ring substituents is 1. The Labute approximate surface area is 140 Å². The van der Waals surface area contributed by atoms with Gasteiger partial charge in [-0.25, -0.2) is 4.79 Å². The maximum Gasteiger partial charge on any atom is 0.513 e. The maximum atomic E-state index is 11.7. The van der Waals surface area contributed by atoms with Crippen LogP contribution in [-0.2, 0) is 9.47 Å². The van der Waals surface area contributed by atoms with Gasteiger partial charge in [-0.1, -0.05) is 0 Å². The second kappa shape index (κ2) is 9.19. The monoisotopic (exact) mass is 338 g/mol. The van der Waals surface area contributed by atoms with Crippen molar-refractivity contribution < 1.29 is 23.9 Å². The van der Waals surface area contributed by atoms with Crippen LogP contribution in [0.25, 0.3) is 0 Å². The zero-order chi connectivity index (χ0) is 17.4. The average Bonchev–Trinajstić information content (AvgIpc) is 2.59. The number of ether oxygens (including phenoxy) is 3. The van der Waals surface area contributed by atoms with Crippen LogP contribution in [0.15, 0.2) is 24.3 Å². The summed E-state index contributed by atoms with van der Waals surface area (Å²) in [7, 11) is 1.69. The molecule has 1 aliphatic rings. The molecule has 0 radical (unpaired) electrons. The van der Waals surface area contributed by atoms with E-state index in [1.54, 1.807) is 7.11 Å². The maximum absolute atomic E-state index is 11.7. The van der Waals surface area contributed by atoms with Crippen molar-refractivity contribution in [2.75, 3.05) is 40.0 Å². The molecule has 1 heterocycles. The summed E-state index contributed by atoms with van der Waals surface area (Å²) >= 11 is 0. The first-order valence-corrected chi connectivity index (χ1v) is 7.89. The van der Waals surface area contributed by atoms with Gasteiger partial charge in [-0.15, -0.1) is 0 Å². The summed E-state index contributed by atoms with van der Waals surface area (Å²) in [6.07, 6.45) is 1.15. The number of hydrogen-bond acceptors (Lipinski definition) is 7. The molecule has 0 unspecified atom stereocenters. The SMILES string of the molecule is COCCN1CCC(COC(=O)Oc2ccc([N+](=O)[O-])cc2)CC1. The molecular formula is C16H22N2O6. The number of methoxy groups -OCH3 is 1. The zero-order valence-corrected chi connectivity index (χ0v) is 13.7. The lowest BCUT2D eigenvalue weighted by Crippen LogP contribution is -2.37. The topological polar surface area (TPSA) is 91.1 Å². The number of carbonyl (C=O) groups is 1. The van der Waals surface area contributed by atoms with Crippen LogP contribution in [0.3, 0.4) is 0 Å². The molecule has 1 saturated heterocycles. The predicted molar refractivity (Wildman–Crippen MR) is 86.1 cm³/mol. The van der Waals surface area contributed by atoms with Gasteiger partial charge in [0.1, 0.15) is 5.75 Å². The first kappa shape index (κ1) is 18.2. The highest BCUT2D eigenvalue weighted by Gasteiger charge is 2.20. The van der Waals surface area contributed by atoms with Gasteiger partial charge >= 0.3 is 6.16 Å². The van der Waals surface area contributed by atoms with Crippen molar-refractivity contribution in [2.45, 2.75) is 12.8 Å². The van der Waals surface area contributed by atoms with Crippen LogP contribution in [0.1, 0.15) is 12.8 Å². The van der Waals surface area contributed by atoms with Gasteiger partial charge in [0.15, 0.2) is 0 Å². The molecular weight excluding hydrogens is 316 g/mol. The number of likely N-dealkylation sites (tertiary alicyclic amines) is 1. The van der Waals surface area contributed by atoms with E-state index in [4.69, 9.17) is 14.2 Å². The van der Waals surface area contributed by atoms with Gasteiger partial charge in [-0.3, -0.25) is 10.1 Å². The van der Waals surface area contributed by atoms with E-state index in [0.717, 1.165) is 39.1 Å². The Morgan fingerprint density at radius 1 is 1.29 bits per heavy atom. The molecule has 0 saturated carbocycles. The highest BCUT2D eigenvalue weighted by Crippen LogP contribution is 2.19. The van der Waals surface area contributed by atoms with Crippen molar-refractivity contribution in [3.8, 4) is 5.75 Å². The van der Waals surface area contributed by atoms with Gasteiger partial charge in [0.05, 0.1) is 18.1 Å². The lowest BCUT2D eigenvalue weighted by Gasteiger charge is -2.31. The van der Waals surface area contributed by atoms with Gasteiger partial charge in [-0.05, 0) is 44.0 Å². The van der Waals surface area contributed by atoms with E-state index in [9.17, 15) is 14.9 Å². The Bertz CT molecular complexity index is 540. The van der Waals surface area contributed by atoms with E-state index < -0.39 is 11.1 Å². The fourth-order valence-corrected chi connectivity index (χ4v) is 2.54. The molecule has 0 N–H and O–H groups in total. The highest BCUT2D eigenvalue weighted by atomic mass is 16.7. The molecule has 24 heavy (non-hydrogen) atoms. The number of carbonyl (C=O) groups excluding carboxylic acids is 1. The molecule has 1 aromatic rings. The Balaban J connectivity index is 1.67. The minimum Gasteiger partial charge on any atom is -0.434 e. The molecule has 0 bridgehead atoms. The van der Waals surface area contributed by atoms with E-state index >= 15 is 0 Å². The van der Waals surface area contributed by atoms with Crippen LogP contribution in [0.4, 0.5) is 10.5 Å². The highest BCUT2D eigenvalue weighted by molar-refractivity contribution is 5.64. The normalized spacial score (nSPS) is 15.9. The third kappa shape index (κ3) is 5.78. The zero-order valence-electron chi connectivity index (χ0n) is 13.7. The van der Waals surface area contributed by atoms with Crippen molar-refractivity contribution in [1.82, 2.24) is 4.90 Å². The summed E-state index contributed by atoms with van der Waals surface area (Å²) in [6.45, 7) is 3.91. The van der Waals surface area contributed by atoms with E-state index in [1.165, 1.54) is 24.3 Å². The minimum atomic E-state index is -0.786. The molecule has 132 valence electrons. The van der Waals surface area contributed by atoms with E-state index in [0.29, 0.717) is 12.5 Å². The summed E-state index contributed by atoms with van der Waals surface area (Å²) in [5.41, 5.74) is -0.0593. The molecule has 1 aliphatic heterocycles. The lowest BCUT2D eigenvalue weighted by atomic mass is 9.98. The van der Waals surface area contributed by atoms with Gasteiger partial charge in [0.2, 0.25) is 0 Å². The molecule has 0 spiro atoms. The number of hydrogen-bond donors (Lipinski definition) is 0. The second-order valence-corrected chi connectivity index (χ2v) is 5.69. The summed E-state index contributed by atoms with van der Waals surface area (Å²) in [6, 6.07) is 5.29. The summed E-state index contributed by atoms with van der Waals surface area (Å²) in [5.74, 6) is 0.549. The van der Waals surface area contributed by atoms with E-state index in [2.05, 4.69) is 4.90 Å². The summed E-state index contributed by atoms with van der Waals surface area (Å²) < 4.78 is 15.2. The largest absolute Gasteiger partial charge is 0.513 e. The minimum absolute atomic E-state index is 0.0593. The molecule has 8 heteroatoms. The van der Waals surface area contributed by atoms with Crippen LogP contribution < -0.4 is 4.74 Å². The van der Waals surface area contributed by atoms with Crippen LogP contribution >= 0.6 is 0 Å². The Kier molecular flexibility index (Phi) is 6.95. The van der Waals surface area contributed by atoms with Gasteiger partial charge < -0.3 is 19.1 Å². The predicted octanol–water partition coefficient (Wildman–Crippen LogP) is 2.47. The van der Waals surface area contributed by atoms with Crippen LogP contribution in [0, 0.1) is 16.0 Å². The standard InChI is InChI=1S/C16H22N2O6/c1-22-11-10-17-8-6-13(7-9-17)12-23-16(19)24-15-4-2-14(3-5-15)18(20)21/h2-5,13H,6-12H2,1H3. The molecule has 0 amide bonds. The van der Waals surface area contributed by atoms with Crippen molar-refractivity contribution in [1.29, 1.82) is 0 Å². The van der Waals surface area contributed by atoms with Crippen LogP contribution in [0.2, 0.25) is 0 Å². The van der Waals surface area contributed by atoms with Gasteiger partial charge in [-0.2, -0.15) is 0 Å². The Morgan fingerprint density at radius 3 is 2.54 bits per heavy atom. The number of nitro groups is 1. The lowest BCUT2D eigenvalue weighted by molar-refractivity contribution is -0.384. The second-order valence-electron chi connectivity index (χ2n) is 5.69. The summed E-state index contributed by atoms with van der Waals surface area (Å²) in [5, 5.41) is 10.6. The van der Waals surface area contributed by atoms with Crippen molar-refractivity contribution >= 4 is 11.8 Å². The quantitative estimate of drug-likeness (QED) is 0.326. The Hall–Kier alpha value is -2.19. The smallest absolute Gasteiger partial charge is 0.434 e. The molecule has 0 aromatic heterocycles. The van der Waals surface area contributed by atoms with E-state index in [1.807, 2.05) is 0 Å². The number of rotatable bonds is 7.